The number of carbonyl (C=O) groups is 3. The van der Waals surface area contributed by atoms with Crippen molar-refractivity contribution in [3.05, 3.63) is 103 Å². The van der Waals surface area contributed by atoms with Gasteiger partial charge in [-0.05, 0) is 60.5 Å². The lowest BCUT2D eigenvalue weighted by molar-refractivity contribution is -0.122. The zero-order valence-electron chi connectivity index (χ0n) is 21.1. The van der Waals surface area contributed by atoms with Gasteiger partial charge in [-0.25, -0.2) is 4.90 Å². The van der Waals surface area contributed by atoms with Crippen LogP contribution < -0.4 is 19.8 Å². The van der Waals surface area contributed by atoms with E-state index >= 15 is 0 Å². The van der Waals surface area contributed by atoms with E-state index in [-0.39, 0.29) is 29.2 Å². The van der Waals surface area contributed by atoms with Crippen molar-refractivity contribution in [2.75, 3.05) is 16.8 Å². The van der Waals surface area contributed by atoms with Gasteiger partial charge >= 0.3 is 4.87 Å². The van der Waals surface area contributed by atoms with E-state index in [9.17, 15) is 19.2 Å². The number of carbonyl (C=O) groups excluding carboxylic acids is 3. The molecule has 0 spiro atoms. The van der Waals surface area contributed by atoms with Crippen LogP contribution >= 0.6 is 34.7 Å². The summed E-state index contributed by atoms with van der Waals surface area (Å²) in [5.41, 5.74) is 2.89. The van der Waals surface area contributed by atoms with E-state index in [4.69, 9.17) is 16.3 Å². The Kier molecular flexibility index (Phi) is 6.99. The third kappa shape index (κ3) is 4.83. The number of aromatic nitrogens is 1. The second kappa shape index (κ2) is 10.6. The lowest BCUT2D eigenvalue weighted by Gasteiger charge is -2.29. The minimum atomic E-state index is -0.696. The summed E-state index contributed by atoms with van der Waals surface area (Å²) in [4.78, 5) is 56.5. The van der Waals surface area contributed by atoms with Crippen LogP contribution in [0.4, 0.5) is 11.4 Å². The fourth-order valence-corrected chi connectivity index (χ4v) is 7.68. The molecule has 2 N–H and O–H groups in total. The number of anilines is 2. The van der Waals surface area contributed by atoms with Crippen molar-refractivity contribution in [2.24, 2.45) is 5.92 Å². The van der Waals surface area contributed by atoms with Crippen molar-refractivity contribution in [1.82, 2.24) is 4.98 Å². The summed E-state index contributed by atoms with van der Waals surface area (Å²) in [6.07, 6.45) is 0. The van der Waals surface area contributed by atoms with Crippen LogP contribution in [0, 0.1) is 12.8 Å². The first kappa shape index (κ1) is 26.4. The topological polar surface area (TPSA) is 109 Å². The fourth-order valence-electron chi connectivity index (χ4n) is 5.04. The van der Waals surface area contributed by atoms with E-state index < -0.39 is 17.1 Å². The van der Waals surface area contributed by atoms with Crippen LogP contribution in [0.1, 0.15) is 21.9 Å². The molecule has 2 aliphatic rings. The van der Waals surface area contributed by atoms with Crippen molar-refractivity contribution in [3.8, 4) is 5.75 Å². The second-order valence-electron chi connectivity index (χ2n) is 9.46. The Morgan fingerprint density at radius 3 is 2.45 bits per heavy atom. The van der Waals surface area contributed by atoms with E-state index in [0.717, 1.165) is 33.0 Å². The van der Waals surface area contributed by atoms with E-state index in [1.807, 2.05) is 43.3 Å². The molecule has 202 valence electrons. The second-order valence-corrected chi connectivity index (χ2v) is 12.1. The number of H-pyrrole nitrogens is 1. The number of rotatable bonds is 6. The number of para-hydroxylation sites is 1. The fraction of sp³-hybridized carbons (Fsp3) is 0.172. The quantitative estimate of drug-likeness (QED) is 0.298. The van der Waals surface area contributed by atoms with Crippen LogP contribution in [-0.2, 0) is 14.4 Å². The Morgan fingerprint density at radius 1 is 1.00 bits per heavy atom. The predicted octanol–water partition coefficient (Wildman–Crippen LogP) is 5.21. The highest BCUT2D eigenvalue weighted by Gasteiger charge is 2.56. The minimum absolute atomic E-state index is 0.176. The molecule has 3 amide bonds. The molecule has 3 unspecified atom stereocenters. The summed E-state index contributed by atoms with van der Waals surface area (Å²) in [7, 11) is 0. The average molecular weight is 592 g/mol. The molecule has 1 fully saturated rings. The maximum absolute atomic E-state index is 13.8. The van der Waals surface area contributed by atoms with E-state index in [1.165, 1.54) is 16.7 Å². The first-order valence-corrected chi connectivity index (χ1v) is 14.5. The number of halogens is 1. The third-order valence-corrected chi connectivity index (χ3v) is 9.59. The average Bonchev–Trinajstić information content (AvgIpc) is 3.44. The predicted molar refractivity (Wildman–Crippen MR) is 156 cm³/mol. The normalized spacial score (nSPS) is 19.8. The van der Waals surface area contributed by atoms with Crippen LogP contribution in [0.2, 0.25) is 5.02 Å². The summed E-state index contributed by atoms with van der Waals surface area (Å²) < 4.78 is 5.70. The SMILES string of the molecule is Cc1ccccc1NC(=O)COc1ccc(C2c3sc(=O)[nH]c3SC3C(=O)N(c4ccc(Cl)cc4)C(=O)C32)cc1. The molecule has 11 heteroatoms. The Labute approximate surface area is 242 Å². The molecule has 40 heavy (non-hydrogen) atoms. The summed E-state index contributed by atoms with van der Waals surface area (Å²) >= 11 is 8.29. The molecule has 3 aromatic carbocycles. The first-order chi connectivity index (χ1) is 19.3. The van der Waals surface area contributed by atoms with Crippen LogP contribution in [0.5, 0.6) is 5.75 Å². The first-order valence-electron chi connectivity index (χ1n) is 12.4. The summed E-state index contributed by atoms with van der Waals surface area (Å²) in [6, 6.07) is 21.1. The molecule has 0 bridgehead atoms. The largest absolute Gasteiger partial charge is 0.484 e. The smallest absolute Gasteiger partial charge is 0.305 e. The highest BCUT2D eigenvalue weighted by molar-refractivity contribution is 8.00. The van der Waals surface area contributed by atoms with Gasteiger partial charge in [0.1, 0.15) is 11.0 Å². The number of benzene rings is 3. The number of hydrogen-bond acceptors (Lipinski definition) is 7. The number of nitrogens with zero attached hydrogens (tertiary/aromatic N) is 1. The minimum Gasteiger partial charge on any atom is -0.484 e. The lowest BCUT2D eigenvalue weighted by Crippen LogP contribution is -2.32. The van der Waals surface area contributed by atoms with Gasteiger partial charge in [0.15, 0.2) is 6.61 Å². The number of imide groups is 1. The highest BCUT2D eigenvalue weighted by Crippen LogP contribution is 2.53. The van der Waals surface area contributed by atoms with Crippen molar-refractivity contribution in [3.63, 3.8) is 0 Å². The van der Waals surface area contributed by atoms with E-state index in [2.05, 4.69) is 10.3 Å². The summed E-state index contributed by atoms with van der Waals surface area (Å²) in [6.45, 7) is 1.73. The number of hydrogen-bond donors (Lipinski definition) is 2. The van der Waals surface area contributed by atoms with Crippen LogP contribution in [0.15, 0.2) is 82.6 Å². The van der Waals surface area contributed by atoms with Crippen molar-refractivity contribution in [2.45, 2.75) is 23.1 Å². The van der Waals surface area contributed by atoms with E-state index in [1.54, 1.807) is 36.4 Å². The number of nitrogens with one attached hydrogen (secondary N) is 2. The Hall–Kier alpha value is -3.86. The van der Waals surface area contributed by atoms with Gasteiger partial charge in [0.05, 0.1) is 16.6 Å². The Bertz CT molecular complexity index is 1680. The Balaban J connectivity index is 1.25. The van der Waals surface area contributed by atoms with Gasteiger partial charge in [-0.3, -0.25) is 19.2 Å². The van der Waals surface area contributed by atoms with Crippen LogP contribution in [0.3, 0.4) is 0 Å². The molecule has 3 heterocycles. The van der Waals surface area contributed by atoms with Gasteiger partial charge in [0.2, 0.25) is 11.8 Å². The zero-order valence-corrected chi connectivity index (χ0v) is 23.4. The number of thioether (sulfide) groups is 1. The van der Waals surface area contributed by atoms with Crippen LogP contribution in [-0.4, -0.2) is 34.6 Å². The molecule has 0 aliphatic carbocycles. The van der Waals surface area contributed by atoms with Crippen molar-refractivity contribution in [1.29, 1.82) is 0 Å². The molecule has 4 aromatic rings. The molecule has 2 aliphatic heterocycles. The standard InChI is InChI=1S/C29H22ClN3O5S2/c1-15-4-2-3-5-20(15)31-21(34)14-38-19-12-6-16(7-13-19)22-23-25(39-26-24(22)40-29(37)32-26)28(36)33(27(23)35)18-10-8-17(30)9-11-18/h2-13,22-23,25H,14H2,1H3,(H,31,34)(H,32,37). The number of thiazole rings is 1. The maximum atomic E-state index is 13.8. The molecule has 1 aromatic heterocycles. The number of fused-ring (bicyclic) bond motifs is 2. The highest BCUT2D eigenvalue weighted by atomic mass is 35.5. The summed E-state index contributed by atoms with van der Waals surface area (Å²) in [5, 5.41) is 3.25. The molecule has 3 atom stereocenters. The molecular weight excluding hydrogens is 570 g/mol. The lowest BCUT2D eigenvalue weighted by atomic mass is 9.83. The van der Waals surface area contributed by atoms with Gasteiger partial charge in [0.25, 0.3) is 5.91 Å². The number of ether oxygens (including phenoxy) is 1. The van der Waals surface area contributed by atoms with Crippen molar-refractivity contribution < 1.29 is 19.1 Å². The maximum Gasteiger partial charge on any atom is 0.305 e. The molecule has 6 rings (SSSR count). The number of aryl methyl sites for hydroxylation is 1. The summed E-state index contributed by atoms with van der Waals surface area (Å²) in [5.74, 6) is -1.66. The number of amides is 3. The van der Waals surface area contributed by atoms with Crippen molar-refractivity contribution >= 4 is 63.8 Å². The van der Waals surface area contributed by atoms with Gasteiger partial charge in [-0.15, -0.1) is 0 Å². The van der Waals surface area contributed by atoms with Crippen LogP contribution in [0.25, 0.3) is 0 Å². The molecule has 8 nitrogen and oxygen atoms in total. The molecule has 0 radical (unpaired) electrons. The van der Waals surface area contributed by atoms with Gasteiger partial charge < -0.3 is 15.0 Å². The molecular formula is C29H22ClN3O5S2. The van der Waals surface area contributed by atoms with Gasteiger partial charge in [-0.2, -0.15) is 0 Å². The monoisotopic (exact) mass is 591 g/mol. The molecule has 0 saturated carbocycles. The van der Waals surface area contributed by atoms with Gasteiger partial charge in [-0.1, -0.05) is 65.0 Å². The van der Waals surface area contributed by atoms with Gasteiger partial charge in [0, 0.05) is 21.5 Å². The zero-order chi connectivity index (χ0) is 28.0. The number of aromatic amines is 1. The van der Waals surface area contributed by atoms with E-state index in [0.29, 0.717) is 21.5 Å². The third-order valence-electron chi connectivity index (χ3n) is 6.94. The molecule has 1 saturated heterocycles. The Morgan fingerprint density at radius 2 is 1.73 bits per heavy atom.